The zero-order valence-corrected chi connectivity index (χ0v) is 14.9. The lowest BCUT2D eigenvalue weighted by Crippen LogP contribution is -2.66. The van der Waals surface area contributed by atoms with Crippen LogP contribution < -0.4 is 0 Å². The number of carbonyl (C=O) groups excluding carboxylic acids is 1. The van der Waals surface area contributed by atoms with Crippen LogP contribution in [-0.2, 0) is 16.1 Å². The molecule has 6 heteroatoms. The van der Waals surface area contributed by atoms with E-state index in [4.69, 9.17) is 9.47 Å². The highest BCUT2D eigenvalue weighted by Crippen LogP contribution is 2.40. The van der Waals surface area contributed by atoms with E-state index in [2.05, 4.69) is 9.97 Å². The molecular formula is C20H23N3O3. The summed E-state index contributed by atoms with van der Waals surface area (Å²) in [5, 5.41) is 0. The Labute approximate surface area is 153 Å². The van der Waals surface area contributed by atoms with Gasteiger partial charge < -0.3 is 14.4 Å². The van der Waals surface area contributed by atoms with Gasteiger partial charge in [0.05, 0.1) is 37.6 Å². The molecule has 0 radical (unpaired) electrons. The van der Waals surface area contributed by atoms with E-state index in [9.17, 15) is 4.79 Å². The molecule has 1 amide bonds. The Hall–Kier alpha value is -2.31. The number of carbonyl (C=O) groups is 1. The van der Waals surface area contributed by atoms with E-state index in [-0.39, 0.29) is 11.5 Å². The van der Waals surface area contributed by atoms with Crippen LogP contribution >= 0.6 is 0 Å². The molecule has 0 N–H and O–H groups in total. The zero-order chi connectivity index (χ0) is 18.0. The van der Waals surface area contributed by atoms with Crippen molar-refractivity contribution in [2.45, 2.75) is 25.6 Å². The molecule has 0 bridgehead atoms. The molecule has 2 aliphatic rings. The minimum Gasteiger partial charge on any atom is -0.375 e. The minimum atomic E-state index is -0.253. The number of aryl methyl sites for hydroxylation is 1. The van der Waals surface area contributed by atoms with E-state index in [0.29, 0.717) is 37.8 Å². The fourth-order valence-corrected chi connectivity index (χ4v) is 3.76. The Balaban J connectivity index is 1.32. The lowest BCUT2D eigenvalue weighted by molar-refractivity contribution is -0.129. The molecule has 2 aliphatic heterocycles. The highest BCUT2D eigenvalue weighted by Gasteiger charge is 2.54. The number of ether oxygens (including phenoxy) is 2. The third-order valence-corrected chi connectivity index (χ3v) is 5.22. The fourth-order valence-electron chi connectivity index (χ4n) is 3.76. The Morgan fingerprint density at radius 3 is 3.04 bits per heavy atom. The van der Waals surface area contributed by atoms with Gasteiger partial charge in [0.15, 0.2) is 0 Å². The van der Waals surface area contributed by atoms with Gasteiger partial charge in [0.2, 0.25) is 0 Å². The summed E-state index contributed by atoms with van der Waals surface area (Å²) in [5.41, 5.74) is 2.31. The first kappa shape index (κ1) is 17.1. The maximum absolute atomic E-state index is 12.6. The molecule has 1 atom stereocenters. The predicted octanol–water partition coefficient (Wildman–Crippen LogP) is 2.23. The maximum atomic E-state index is 12.6. The standard InChI is InChI=1S/C20H23N3O3/c1-15-8-16(10-21-9-15)19(24)23-13-20(14-23)17(5-7-26-20)11-25-12-18-4-2-3-6-22-18/h2-4,6,8-10,17H,5,7,11-14H2,1H3/t17-/m1/s1. The van der Waals surface area contributed by atoms with Crippen LogP contribution in [0.1, 0.15) is 28.0 Å². The maximum Gasteiger partial charge on any atom is 0.255 e. The Kier molecular flexibility index (Phi) is 4.70. The van der Waals surface area contributed by atoms with Crippen LogP contribution in [0.4, 0.5) is 0 Å². The molecule has 4 heterocycles. The highest BCUT2D eigenvalue weighted by atomic mass is 16.5. The number of hydrogen-bond acceptors (Lipinski definition) is 5. The molecule has 0 saturated carbocycles. The number of pyridine rings is 2. The summed E-state index contributed by atoms with van der Waals surface area (Å²) in [6.45, 7) is 5.05. The van der Waals surface area contributed by atoms with Crippen molar-refractivity contribution in [3.05, 3.63) is 59.7 Å². The van der Waals surface area contributed by atoms with Crippen molar-refractivity contribution >= 4 is 5.91 Å². The zero-order valence-electron chi connectivity index (χ0n) is 14.9. The van der Waals surface area contributed by atoms with Crippen LogP contribution in [0.3, 0.4) is 0 Å². The Morgan fingerprint density at radius 1 is 1.38 bits per heavy atom. The lowest BCUT2D eigenvalue weighted by atomic mass is 9.81. The van der Waals surface area contributed by atoms with Gasteiger partial charge in [-0.1, -0.05) is 6.07 Å². The molecule has 2 saturated heterocycles. The van der Waals surface area contributed by atoms with E-state index in [1.54, 1.807) is 18.6 Å². The van der Waals surface area contributed by atoms with Crippen LogP contribution in [0.25, 0.3) is 0 Å². The molecular weight excluding hydrogens is 330 g/mol. The third kappa shape index (κ3) is 3.34. The number of aromatic nitrogens is 2. The van der Waals surface area contributed by atoms with Gasteiger partial charge in [-0.3, -0.25) is 14.8 Å². The van der Waals surface area contributed by atoms with E-state index >= 15 is 0 Å². The average molecular weight is 353 g/mol. The van der Waals surface area contributed by atoms with Crippen molar-refractivity contribution in [1.82, 2.24) is 14.9 Å². The molecule has 4 rings (SSSR count). The normalized spacial score (nSPS) is 21.0. The van der Waals surface area contributed by atoms with Crippen LogP contribution in [0.15, 0.2) is 42.9 Å². The van der Waals surface area contributed by atoms with Crippen LogP contribution in [-0.4, -0.2) is 52.7 Å². The van der Waals surface area contributed by atoms with Crippen LogP contribution in [0, 0.1) is 12.8 Å². The number of hydrogen-bond donors (Lipinski definition) is 0. The quantitative estimate of drug-likeness (QED) is 0.825. The lowest BCUT2D eigenvalue weighted by Gasteiger charge is -2.50. The van der Waals surface area contributed by atoms with Crippen molar-refractivity contribution in [2.24, 2.45) is 5.92 Å². The van der Waals surface area contributed by atoms with Gasteiger partial charge in [-0.15, -0.1) is 0 Å². The second-order valence-electron chi connectivity index (χ2n) is 7.15. The van der Waals surface area contributed by atoms with E-state index in [1.165, 1.54) is 0 Å². The number of amides is 1. The van der Waals surface area contributed by atoms with Gasteiger partial charge in [0, 0.05) is 31.1 Å². The van der Waals surface area contributed by atoms with Gasteiger partial charge in [-0.05, 0) is 37.1 Å². The van der Waals surface area contributed by atoms with Gasteiger partial charge in [-0.25, -0.2) is 0 Å². The van der Waals surface area contributed by atoms with E-state index in [1.807, 2.05) is 36.1 Å². The van der Waals surface area contributed by atoms with Gasteiger partial charge in [0.1, 0.15) is 5.60 Å². The molecule has 2 aromatic rings. The molecule has 1 spiro atoms. The molecule has 6 nitrogen and oxygen atoms in total. The summed E-state index contributed by atoms with van der Waals surface area (Å²) in [4.78, 5) is 22.8. The Morgan fingerprint density at radius 2 is 2.27 bits per heavy atom. The Bertz CT molecular complexity index is 775. The number of nitrogens with zero attached hydrogens (tertiary/aromatic N) is 3. The second-order valence-corrected chi connectivity index (χ2v) is 7.15. The second kappa shape index (κ2) is 7.13. The molecule has 0 aliphatic carbocycles. The summed E-state index contributed by atoms with van der Waals surface area (Å²) in [6.07, 6.45) is 6.12. The fraction of sp³-hybridized carbons (Fsp3) is 0.450. The first-order valence-electron chi connectivity index (χ1n) is 8.99. The smallest absolute Gasteiger partial charge is 0.255 e. The minimum absolute atomic E-state index is 0.0236. The summed E-state index contributed by atoms with van der Waals surface area (Å²) in [5.74, 6) is 0.335. The topological polar surface area (TPSA) is 64.6 Å². The van der Waals surface area contributed by atoms with E-state index < -0.39 is 0 Å². The van der Waals surface area contributed by atoms with Crippen molar-refractivity contribution in [3.8, 4) is 0 Å². The number of rotatable bonds is 5. The molecule has 0 unspecified atom stereocenters. The van der Waals surface area contributed by atoms with Crippen molar-refractivity contribution in [2.75, 3.05) is 26.3 Å². The first-order valence-corrected chi connectivity index (χ1v) is 8.99. The molecule has 2 aromatic heterocycles. The van der Waals surface area contributed by atoms with Gasteiger partial charge >= 0.3 is 0 Å². The van der Waals surface area contributed by atoms with Gasteiger partial charge in [0.25, 0.3) is 5.91 Å². The summed E-state index contributed by atoms with van der Waals surface area (Å²) < 4.78 is 11.9. The molecule has 2 fully saturated rings. The summed E-state index contributed by atoms with van der Waals surface area (Å²) >= 11 is 0. The summed E-state index contributed by atoms with van der Waals surface area (Å²) in [7, 11) is 0. The largest absolute Gasteiger partial charge is 0.375 e. The monoisotopic (exact) mass is 353 g/mol. The predicted molar refractivity (Wildman–Crippen MR) is 95.6 cm³/mol. The molecule has 0 aromatic carbocycles. The summed E-state index contributed by atoms with van der Waals surface area (Å²) in [6, 6.07) is 7.69. The average Bonchev–Trinajstić information content (AvgIpc) is 3.05. The first-order chi connectivity index (χ1) is 12.7. The highest BCUT2D eigenvalue weighted by molar-refractivity contribution is 5.94. The van der Waals surface area contributed by atoms with Crippen LogP contribution in [0.2, 0.25) is 0 Å². The SMILES string of the molecule is Cc1cncc(C(=O)N2CC3(C2)OCC[C@@H]3COCc2ccccn2)c1. The van der Waals surface area contributed by atoms with Crippen molar-refractivity contribution in [3.63, 3.8) is 0 Å². The number of likely N-dealkylation sites (tertiary alicyclic amines) is 1. The molecule has 26 heavy (non-hydrogen) atoms. The van der Waals surface area contributed by atoms with Crippen molar-refractivity contribution < 1.29 is 14.3 Å². The van der Waals surface area contributed by atoms with Crippen LogP contribution in [0.5, 0.6) is 0 Å². The third-order valence-electron chi connectivity index (χ3n) is 5.22. The van der Waals surface area contributed by atoms with E-state index in [0.717, 1.165) is 24.3 Å². The van der Waals surface area contributed by atoms with Crippen molar-refractivity contribution in [1.29, 1.82) is 0 Å². The molecule has 136 valence electrons. The van der Waals surface area contributed by atoms with Gasteiger partial charge in [-0.2, -0.15) is 0 Å².